The zero-order valence-corrected chi connectivity index (χ0v) is 11.5. The van der Waals surface area contributed by atoms with Gasteiger partial charge in [-0.3, -0.25) is 0 Å². The average Bonchev–Trinajstić information content (AvgIpc) is 2.88. The SMILES string of the molecule is C[C@@H](O)c1ccc(OCc2cn3ccccc3n2)c(F)c1. The fraction of sp³-hybridized carbons (Fsp3) is 0.188. The van der Waals surface area contributed by atoms with E-state index in [9.17, 15) is 9.50 Å². The molecule has 0 fully saturated rings. The molecule has 3 aromatic rings. The summed E-state index contributed by atoms with van der Waals surface area (Å²) in [5, 5.41) is 9.41. The first kappa shape index (κ1) is 13.6. The van der Waals surface area contributed by atoms with Gasteiger partial charge in [0.15, 0.2) is 11.6 Å². The number of halogens is 1. The van der Waals surface area contributed by atoms with Gasteiger partial charge in [0.05, 0.1) is 11.8 Å². The molecule has 2 heterocycles. The van der Waals surface area contributed by atoms with Crippen molar-refractivity contribution in [2.45, 2.75) is 19.6 Å². The number of aromatic nitrogens is 2. The van der Waals surface area contributed by atoms with Crippen LogP contribution >= 0.6 is 0 Å². The Morgan fingerprint density at radius 1 is 1.33 bits per heavy atom. The topological polar surface area (TPSA) is 46.8 Å². The number of aliphatic hydroxyl groups is 1. The molecule has 0 radical (unpaired) electrons. The molecule has 21 heavy (non-hydrogen) atoms. The smallest absolute Gasteiger partial charge is 0.165 e. The number of rotatable bonds is 4. The van der Waals surface area contributed by atoms with Crippen molar-refractivity contribution in [3.8, 4) is 5.75 Å². The van der Waals surface area contributed by atoms with Crippen molar-refractivity contribution in [2.24, 2.45) is 0 Å². The highest BCUT2D eigenvalue weighted by Gasteiger charge is 2.09. The van der Waals surface area contributed by atoms with E-state index < -0.39 is 11.9 Å². The molecule has 5 heteroatoms. The summed E-state index contributed by atoms with van der Waals surface area (Å²) in [7, 11) is 0. The van der Waals surface area contributed by atoms with Crippen molar-refractivity contribution < 1.29 is 14.2 Å². The van der Waals surface area contributed by atoms with Crippen LogP contribution in [0.2, 0.25) is 0 Å². The number of pyridine rings is 1. The second-order valence-corrected chi connectivity index (χ2v) is 4.85. The van der Waals surface area contributed by atoms with Crippen LogP contribution in [0.3, 0.4) is 0 Å². The number of ether oxygens (including phenoxy) is 1. The van der Waals surface area contributed by atoms with E-state index in [0.29, 0.717) is 5.56 Å². The maximum atomic E-state index is 13.9. The van der Waals surface area contributed by atoms with E-state index in [1.54, 1.807) is 13.0 Å². The van der Waals surface area contributed by atoms with Gasteiger partial charge in [0.2, 0.25) is 0 Å². The number of hydrogen-bond acceptors (Lipinski definition) is 3. The number of hydrogen-bond donors (Lipinski definition) is 1. The maximum absolute atomic E-state index is 13.9. The lowest BCUT2D eigenvalue weighted by molar-refractivity contribution is 0.198. The Labute approximate surface area is 121 Å². The lowest BCUT2D eigenvalue weighted by atomic mass is 10.1. The first-order valence-corrected chi connectivity index (χ1v) is 6.66. The highest BCUT2D eigenvalue weighted by atomic mass is 19.1. The van der Waals surface area contributed by atoms with E-state index in [0.717, 1.165) is 11.3 Å². The van der Waals surface area contributed by atoms with E-state index in [1.807, 2.05) is 35.0 Å². The van der Waals surface area contributed by atoms with E-state index in [2.05, 4.69) is 4.98 Å². The average molecular weight is 286 g/mol. The molecule has 0 unspecified atom stereocenters. The van der Waals surface area contributed by atoms with Gasteiger partial charge in [-0.05, 0) is 36.8 Å². The van der Waals surface area contributed by atoms with E-state index in [-0.39, 0.29) is 12.4 Å². The van der Waals surface area contributed by atoms with Gasteiger partial charge in [-0.2, -0.15) is 0 Å². The normalized spacial score (nSPS) is 12.5. The van der Waals surface area contributed by atoms with Gasteiger partial charge in [-0.15, -0.1) is 0 Å². The second-order valence-electron chi connectivity index (χ2n) is 4.85. The molecular weight excluding hydrogens is 271 g/mol. The minimum Gasteiger partial charge on any atom is -0.484 e. The van der Waals surface area contributed by atoms with Gasteiger partial charge < -0.3 is 14.2 Å². The molecule has 3 rings (SSSR count). The van der Waals surface area contributed by atoms with Crippen LogP contribution in [0.1, 0.15) is 24.3 Å². The molecule has 1 aromatic carbocycles. The third kappa shape index (κ3) is 2.87. The molecule has 108 valence electrons. The fourth-order valence-corrected chi connectivity index (χ4v) is 2.10. The van der Waals surface area contributed by atoms with Crippen LogP contribution in [0.5, 0.6) is 5.75 Å². The highest BCUT2D eigenvalue weighted by Crippen LogP contribution is 2.22. The predicted octanol–water partition coefficient (Wildman–Crippen LogP) is 3.11. The third-order valence-corrected chi connectivity index (χ3v) is 3.23. The quantitative estimate of drug-likeness (QED) is 0.801. The van der Waals surface area contributed by atoms with Crippen molar-refractivity contribution in [3.63, 3.8) is 0 Å². The van der Waals surface area contributed by atoms with Crippen LogP contribution in [0, 0.1) is 5.82 Å². The Morgan fingerprint density at radius 3 is 2.90 bits per heavy atom. The summed E-state index contributed by atoms with van der Waals surface area (Å²) in [4.78, 5) is 4.38. The van der Waals surface area contributed by atoms with Crippen LogP contribution in [-0.4, -0.2) is 14.5 Å². The van der Waals surface area contributed by atoms with Gasteiger partial charge in [0.1, 0.15) is 12.3 Å². The highest BCUT2D eigenvalue weighted by molar-refractivity contribution is 5.39. The van der Waals surface area contributed by atoms with Crippen LogP contribution < -0.4 is 4.74 Å². The number of aliphatic hydroxyl groups excluding tert-OH is 1. The Hall–Kier alpha value is -2.40. The zero-order valence-electron chi connectivity index (χ0n) is 11.5. The van der Waals surface area contributed by atoms with Crippen molar-refractivity contribution in [3.05, 3.63) is 65.9 Å². The first-order chi connectivity index (χ1) is 10.1. The number of fused-ring (bicyclic) bond motifs is 1. The number of benzene rings is 1. The Bertz CT molecular complexity index is 735. The minimum atomic E-state index is -0.702. The molecule has 0 aliphatic carbocycles. The van der Waals surface area contributed by atoms with E-state index >= 15 is 0 Å². The fourth-order valence-electron chi connectivity index (χ4n) is 2.10. The maximum Gasteiger partial charge on any atom is 0.165 e. The summed E-state index contributed by atoms with van der Waals surface area (Å²) < 4.78 is 21.2. The van der Waals surface area contributed by atoms with Crippen molar-refractivity contribution in [1.82, 2.24) is 9.38 Å². The van der Waals surface area contributed by atoms with Crippen molar-refractivity contribution in [1.29, 1.82) is 0 Å². The molecule has 0 bridgehead atoms. The Morgan fingerprint density at radius 2 is 2.19 bits per heavy atom. The monoisotopic (exact) mass is 286 g/mol. The molecule has 0 saturated carbocycles. The lowest BCUT2D eigenvalue weighted by Gasteiger charge is -2.09. The molecule has 0 aliphatic rings. The second kappa shape index (κ2) is 5.54. The largest absolute Gasteiger partial charge is 0.484 e. The summed E-state index contributed by atoms with van der Waals surface area (Å²) >= 11 is 0. The summed E-state index contributed by atoms with van der Waals surface area (Å²) in [5.41, 5.74) is 2.06. The summed E-state index contributed by atoms with van der Waals surface area (Å²) in [5.74, 6) is -0.339. The molecule has 1 N–H and O–H groups in total. The molecule has 0 amide bonds. The van der Waals surface area contributed by atoms with Gasteiger partial charge in [-0.1, -0.05) is 12.1 Å². The molecule has 0 aliphatic heterocycles. The standard InChI is InChI=1S/C16H15FN2O2/c1-11(20)12-5-6-15(14(17)8-12)21-10-13-9-19-7-3-2-4-16(19)18-13/h2-9,11,20H,10H2,1H3/t11-/m1/s1. The summed E-state index contributed by atoms with van der Waals surface area (Å²) in [6.07, 6.45) is 3.04. The van der Waals surface area contributed by atoms with E-state index in [4.69, 9.17) is 4.74 Å². The first-order valence-electron chi connectivity index (χ1n) is 6.66. The van der Waals surface area contributed by atoms with Crippen LogP contribution in [0.15, 0.2) is 48.8 Å². The summed E-state index contributed by atoms with van der Waals surface area (Å²) in [6.45, 7) is 1.78. The molecule has 2 aromatic heterocycles. The molecule has 0 saturated heterocycles. The predicted molar refractivity (Wildman–Crippen MR) is 76.6 cm³/mol. The molecule has 4 nitrogen and oxygen atoms in total. The van der Waals surface area contributed by atoms with E-state index in [1.165, 1.54) is 12.1 Å². The van der Waals surface area contributed by atoms with Crippen LogP contribution in [0.4, 0.5) is 4.39 Å². The summed E-state index contributed by atoms with van der Waals surface area (Å²) in [6, 6.07) is 10.2. The van der Waals surface area contributed by atoms with Crippen molar-refractivity contribution in [2.75, 3.05) is 0 Å². The number of imidazole rings is 1. The Kier molecular flexibility index (Phi) is 3.58. The van der Waals surface area contributed by atoms with Gasteiger partial charge in [-0.25, -0.2) is 9.37 Å². The minimum absolute atomic E-state index is 0.149. The zero-order chi connectivity index (χ0) is 14.8. The molecule has 0 spiro atoms. The van der Waals surface area contributed by atoms with Gasteiger partial charge in [0.25, 0.3) is 0 Å². The number of nitrogens with zero attached hydrogens (tertiary/aromatic N) is 2. The molecule has 1 atom stereocenters. The lowest BCUT2D eigenvalue weighted by Crippen LogP contribution is -1.99. The van der Waals surface area contributed by atoms with Crippen molar-refractivity contribution >= 4 is 5.65 Å². The van der Waals surface area contributed by atoms with Crippen LogP contribution in [-0.2, 0) is 6.61 Å². The Balaban J connectivity index is 1.75. The van der Waals surface area contributed by atoms with Gasteiger partial charge in [0, 0.05) is 12.4 Å². The third-order valence-electron chi connectivity index (χ3n) is 3.23. The van der Waals surface area contributed by atoms with Gasteiger partial charge >= 0.3 is 0 Å². The molecular formula is C16H15FN2O2. The van der Waals surface area contributed by atoms with Crippen LogP contribution in [0.25, 0.3) is 5.65 Å².